The third-order valence-corrected chi connectivity index (χ3v) is 24.0. The fraction of sp³-hybridized carbons (Fsp3) is 0.514. The summed E-state index contributed by atoms with van der Waals surface area (Å²) >= 11 is 11.7. The summed E-state index contributed by atoms with van der Waals surface area (Å²) < 4.78 is 71.8. The van der Waals surface area contributed by atoms with Gasteiger partial charge in [-0.05, 0) is 82.6 Å². The molecule has 8 fully saturated rings. The van der Waals surface area contributed by atoms with Crippen LogP contribution in [0.15, 0.2) is 142 Å². The van der Waals surface area contributed by atoms with Crippen LogP contribution in [-0.2, 0) is 71.6 Å². The third kappa shape index (κ3) is 21.9. The molecular weight excluding hydrogens is 1620 g/mol. The van der Waals surface area contributed by atoms with E-state index in [1.807, 2.05) is 95.3 Å². The number of benzene rings is 4. The molecule has 630 valence electrons. The zero-order chi connectivity index (χ0) is 82.2. The maximum atomic E-state index is 13.6. The van der Waals surface area contributed by atoms with E-state index in [4.69, 9.17) is 54.2 Å². The summed E-state index contributed by atoms with van der Waals surface area (Å²) in [4.78, 5) is 17.3. The van der Waals surface area contributed by atoms with Gasteiger partial charge in [-0.3, -0.25) is 20.0 Å². The van der Waals surface area contributed by atoms with E-state index in [0.717, 1.165) is 21.6 Å². The highest BCUT2D eigenvalue weighted by atomic mass is 35.5. The van der Waals surface area contributed by atoms with E-state index in [-0.39, 0.29) is 79.5 Å². The second-order valence-corrected chi connectivity index (χ2v) is 32.3. The maximum absolute atomic E-state index is 13.6. The van der Waals surface area contributed by atoms with Gasteiger partial charge in [0.05, 0.1) is 87.3 Å². The number of thioether (sulfide) groups is 4. The molecule has 0 amide bonds. The topological polar surface area (TPSA) is 465 Å². The lowest BCUT2D eigenvalue weighted by Gasteiger charge is -2.38. The summed E-state index contributed by atoms with van der Waals surface area (Å²) in [7, 11) is 1.59. The Kier molecular flexibility index (Phi) is 30.2. The van der Waals surface area contributed by atoms with E-state index in [0.29, 0.717) is 88.2 Å². The maximum Gasteiger partial charge on any atom is 0.165 e. The number of rotatable bonds is 25. The lowest BCUT2D eigenvalue weighted by molar-refractivity contribution is -0.160. The van der Waals surface area contributed by atoms with Gasteiger partial charge in [0, 0.05) is 26.2 Å². The first-order valence-electron chi connectivity index (χ1n) is 38.0. The number of nitrogens with one attached hydrogen (secondary N) is 4. The van der Waals surface area contributed by atoms with Gasteiger partial charge in [0.1, 0.15) is 156 Å². The minimum Gasteiger partial charge on any atom is -0.493 e. The number of halogens is 2. The largest absolute Gasteiger partial charge is 0.493 e. The highest BCUT2D eigenvalue weighted by Crippen LogP contribution is 2.39. The van der Waals surface area contributed by atoms with Gasteiger partial charge in [-0.2, -0.15) is 0 Å². The number of aliphatic hydroxyl groups is 8. The van der Waals surface area contributed by atoms with Crippen LogP contribution in [0.1, 0.15) is 56.0 Å². The van der Waals surface area contributed by atoms with Crippen LogP contribution in [0, 0.1) is 12.7 Å². The molecule has 8 aliphatic heterocycles. The van der Waals surface area contributed by atoms with Gasteiger partial charge in [0.2, 0.25) is 0 Å². The van der Waals surface area contributed by atoms with Crippen LogP contribution >= 0.6 is 58.6 Å². The van der Waals surface area contributed by atoms with Gasteiger partial charge in [-0.15, -0.1) is 20.4 Å². The van der Waals surface area contributed by atoms with Crippen molar-refractivity contribution in [2.75, 3.05) is 33.3 Å². The number of hydrogen-bond acceptors (Lipinski definition) is 33. The number of aliphatic hydroxyl groups excluding tert-OH is 8. The molecule has 8 saturated heterocycles. The van der Waals surface area contributed by atoms with Crippen LogP contribution in [-0.4, -0.2) is 274 Å². The van der Waals surface area contributed by atoms with Crippen LogP contribution < -0.4 is 45.0 Å². The molecule has 8 aromatic rings. The Hall–Kier alpha value is -8.54. The monoisotopic (exact) mass is 1720 g/mol. The Labute approximate surface area is 693 Å². The number of aromatic nitrogens is 12. The van der Waals surface area contributed by atoms with E-state index in [1.165, 1.54) is 63.9 Å². The van der Waals surface area contributed by atoms with E-state index in [1.54, 1.807) is 70.2 Å². The Morgan fingerprint density at radius 1 is 0.393 bits per heavy atom. The molecule has 12 heterocycles. The lowest BCUT2D eigenvalue weighted by atomic mass is 9.98. The SMILES string of the molecule is CCN=C1N[C@@H]2[C@@H](O)[C@H](O)[C@@H](Cn3cc(COc4ccccc4C)nn3)O[C@@H]2S1.CCN=C1N[C@@H]2[C@@H](O)[C@H](O)[C@@H](Cn3cc(COc4ccccc4Cl)nn3)O[C@@H]2S1.CCN=C1N[C@@H]2[C@@H](O)[C@H](O)[C@@H](Cn3cc(COc4ccccc4F)nn3)O[C@@H]2S1.CCN=C1N[C@@H]2[C@@H](O)[C@H](O)[C@@H](Cn3cc(COc4ccccc4OC)nn3)O[C@@H]2S1. The highest BCUT2D eigenvalue weighted by molar-refractivity contribution is 8.15. The van der Waals surface area contributed by atoms with Gasteiger partial charge >= 0.3 is 0 Å². The van der Waals surface area contributed by atoms with Crippen molar-refractivity contribution < 1.29 is 87.9 Å². The number of ether oxygens (including phenoxy) is 9. The minimum atomic E-state index is -1.09. The minimum absolute atomic E-state index is 0.0545. The number of amidine groups is 4. The first-order valence-corrected chi connectivity index (χ1v) is 41.8. The molecule has 0 saturated carbocycles. The smallest absolute Gasteiger partial charge is 0.165 e. The Balaban J connectivity index is 0.000000135. The van der Waals surface area contributed by atoms with Gasteiger partial charge < -0.3 is 105 Å². The predicted molar refractivity (Wildman–Crippen MR) is 432 cm³/mol. The summed E-state index contributed by atoms with van der Waals surface area (Å²) in [6, 6.07) is 26.9. The average molecular weight is 1720 g/mol. The molecule has 16 rings (SSSR count). The average Bonchev–Trinajstić information content (AvgIpc) is 1.67. The van der Waals surface area contributed by atoms with Gasteiger partial charge in [0.15, 0.2) is 43.7 Å². The van der Waals surface area contributed by atoms with Crippen LogP contribution in [0.25, 0.3) is 0 Å². The number of aliphatic imine (C=N–C) groups is 4. The molecule has 0 radical (unpaired) electrons. The Morgan fingerprint density at radius 3 is 1.00 bits per heavy atom. The molecule has 43 heteroatoms. The van der Waals surface area contributed by atoms with E-state index >= 15 is 0 Å². The van der Waals surface area contributed by atoms with Crippen molar-refractivity contribution in [1.29, 1.82) is 0 Å². The normalized spacial score (nSPS) is 30.0. The summed E-state index contributed by atoms with van der Waals surface area (Å²) in [5.41, 5.74) is 2.16. The van der Waals surface area contributed by atoms with E-state index in [2.05, 4.69) is 82.5 Å². The van der Waals surface area contributed by atoms with Crippen LogP contribution in [0.2, 0.25) is 5.02 Å². The third-order valence-electron chi connectivity index (χ3n) is 19.2. The van der Waals surface area contributed by atoms with Crippen molar-refractivity contribution in [3.05, 3.63) is 161 Å². The first kappa shape index (κ1) is 86.3. The molecule has 12 N–H and O–H groups in total. The predicted octanol–water partition coefficient (Wildman–Crippen LogP) is 2.65. The highest BCUT2D eigenvalue weighted by Gasteiger charge is 2.53. The number of para-hydroxylation sites is 5. The molecule has 37 nitrogen and oxygen atoms in total. The molecule has 0 spiro atoms. The Morgan fingerprint density at radius 2 is 0.675 bits per heavy atom. The van der Waals surface area contributed by atoms with Crippen LogP contribution in [0.4, 0.5) is 4.39 Å². The summed E-state index contributed by atoms with van der Waals surface area (Å²) in [5, 5.41) is 132. The van der Waals surface area contributed by atoms with Crippen molar-refractivity contribution in [3.63, 3.8) is 0 Å². The zero-order valence-corrected chi connectivity index (χ0v) is 68.4. The summed E-state index contributed by atoms with van der Waals surface area (Å²) in [6.07, 6.45) is -3.81. The van der Waals surface area contributed by atoms with Crippen molar-refractivity contribution in [3.8, 4) is 28.7 Å². The molecule has 4 aromatic heterocycles. The van der Waals surface area contributed by atoms with Crippen molar-refractivity contribution in [1.82, 2.24) is 81.2 Å². The number of nitrogens with zero attached hydrogens (tertiary/aromatic N) is 16. The van der Waals surface area contributed by atoms with Crippen molar-refractivity contribution in [2.24, 2.45) is 20.0 Å². The lowest BCUT2D eigenvalue weighted by Crippen LogP contribution is -2.59. The van der Waals surface area contributed by atoms with Crippen LogP contribution in [0.3, 0.4) is 0 Å². The molecular formula is C74H94ClFN20O17S4. The standard InChI is InChI=1S/C19H25N5O5S.C19H25N5O4S.C18H22ClN5O4S.C18H22FN5O4S/c1-3-20-19-21-15-17(26)16(25)14(29-18(15)30-19)9-24-8-11(22-23-24)10-28-13-7-5-4-6-12(13)27-2;1-3-20-19-21-15-17(26)16(25)14(28-18(15)29-19)9-24-8-12(22-23-24)10-27-13-7-5-4-6-11(13)2;2*1-2-20-18-21-14-16(26)15(25)13(28-17(14)29-18)8-24-7-10(22-23-24)9-27-12-6-4-3-5-11(12)19/h4-8,14-18,25-26H,3,9-10H2,1-2H3,(H,20,21);4-8,14-18,25-26H,3,9-10H2,1-2H3,(H,20,21);2*3-7,13-17,25-26H,2,8-9H2,1H3,(H,20,21)/t2*14-,15-,16-,17-,18-;2*13-,14-,15-,16-,17-/m1111/s1. The number of aryl methyl sites for hydroxylation is 1. The number of fused-ring (bicyclic) bond motifs is 4. The fourth-order valence-electron chi connectivity index (χ4n) is 13.3. The van der Waals surface area contributed by atoms with Gasteiger partial charge in [0.25, 0.3) is 0 Å². The van der Waals surface area contributed by atoms with E-state index in [9.17, 15) is 45.2 Å². The molecule has 117 heavy (non-hydrogen) atoms. The second-order valence-electron chi connectivity index (χ2n) is 27.5. The summed E-state index contributed by atoms with van der Waals surface area (Å²) in [6.45, 7) is 14.0. The molecule has 0 unspecified atom stereocenters. The molecule has 8 aliphatic rings. The number of hydrogen-bond donors (Lipinski definition) is 12. The van der Waals surface area contributed by atoms with Crippen LogP contribution in [0.5, 0.6) is 28.7 Å². The molecule has 0 aliphatic carbocycles. The molecule has 4 aromatic carbocycles. The van der Waals surface area contributed by atoms with E-state index < -0.39 is 97.2 Å². The first-order chi connectivity index (χ1) is 56.7. The van der Waals surface area contributed by atoms with Gasteiger partial charge in [-0.1, -0.05) is 134 Å². The van der Waals surface area contributed by atoms with Crippen molar-refractivity contribution >= 4 is 79.3 Å². The Bertz CT molecular complexity index is 4340. The molecule has 0 bridgehead atoms. The zero-order valence-electron chi connectivity index (χ0n) is 64.4. The number of methoxy groups -OCH3 is 1. The second kappa shape index (κ2) is 40.9. The fourth-order valence-corrected chi connectivity index (χ4v) is 18.3. The summed E-state index contributed by atoms with van der Waals surface area (Å²) in [5.74, 6) is 2.32. The van der Waals surface area contributed by atoms with Gasteiger partial charge in [-0.25, -0.2) is 23.1 Å². The molecule has 20 atom stereocenters. The quantitative estimate of drug-likeness (QED) is 0.0391. The van der Waals surface area contributed by atoms with Crippen molar-refractivity contribution in [2.45, 2.75) is 206 Å².